The third-order valence-corrected chi connectivity index (χ3v) is 3.58. The van der Waals surface area contributed by atoms with Crippen LogP contribution in [0.2, 0.25) is 5.02 Å². The van der Waals surface area contributed by atoms with Crippen molar-refractivity contribution in [3.63, 3.8) is 0 Å². The van der Waals surface area contributed by atoms with Crippen LogP contribution in [-0.4, -0.2) is 17.5 Å². The number of hydrogen-bond donors (Lipinski definition) is 1. The maximum absolute atomic E-state index is 12.6. The Kier molecular flexibility index (Phi) is 4.23. The highest BCUT2D eigenvalue weighted by Crippen LogP contribution is 2.33. The molecular weight excluding hydrogens is 347 g/mol. The molecule has 1 N–H and O–H groups in total. The Morgan fingerprint density at radius 1 is 1.25 bits per heavy atom. The number of aromatic nitrogens is 1. The summed E-state index contributed by atoms with van der Waals surface area (Å²) < 4.78 is 48.2. The lowest BCUT2D eigenvalue weighted by Gasteiger charge is -2.09. The Morgan fingerprint density at radius 3 is 2.71 bits per heavy atom. The Labute approximate surface area is 140 Å². The number of ether oxygens (including phenoxy) is 2. The van der Waals surface area contributed by atoms with Crippen LogP contribution in [0.5, 0.6) is 11.5 Å². The number of nitrogens with zero attached hydrogens (tertiary/aromatic N) is 2. The molecule has 0 saturated carbocycles. The van der Waals surface area contributed by atoms with Gasteiger partial charge in [-0.3, -0.25) is 5.43 Å². The van der Waals surface area contributed by atoms with E-state index in [0.717, 1.165) is 11.6 Å². The quantitative estimate of drug-likeness (QED) is 0.656. The highest BCUT2D eigenvalue weighted by atomic mass is 35.5. The van der Waals surface area contributed by atoms with Crippen molar-refractivity contribution < 1.29 is 22.6 Å². The summed E-state index contributed by atoms with van der Waals surface area (Å²) >= 11 is 5.81. The van der Waals surface area contributed by atoms with Crippen LogP contribution in [0.1, 0.15) is 18.1 Å². The van der Waals surface area contributed by atoms with Crippen LogP contribution in [0.3, 0.4) is 0 Å². The van der Waals surface area contributed by atoms with Gasteiger partial charge in [-0.15, -0.1) is 0 Å². The molecule has 9 heteroatoms. The van der Waals surface area contributed by atoms with Crippen LogP contribution in [0.4, 0.5) is 19.0 Å². The zero-order chi connectivity index (χ0) is 17.3. The van der Waals surface area contributed by atoms with Crippen LogP contribution in [0.25, 0.3) is 0 Å². The second-order valence-corrected chi connectivity index (χ2v) is 5.34. The molecule has 2 heterocycles. The molecule has 24 heavy (non-hydrogen) atoms. The minimum Gasteiger partial charge on any atom is -0.454 e. The van der Waals surface area contributed by atoms with Crippen molar-refractivity contribution >= 4 is 23.1 Å². The Bertz CT molecular complexity index is 809. The first-order valence-electron chi connectivity index (χ1n) is 6.77. The number of alkyl halides is 3. The summed E-state index contributed by atoms with van der Waals surface area (Å²) in [4.78, 5) is 3.65. The van der Waals surface area contributed by atoms with E-state index in [4.69, 9.17) is 21.1 Å². The molecule has 2 aromatic rings. The zero-order valence-electron chi connectivity index (χ0n) is 12.3. The fourth-order valence-corrected chi connectivity index (χ4v) is 2.21. The Hall–Kier alpha value is -2.48. The van der Waals surface area contributed by atoms with Crippen molar-refractivity contribution in [2.75, 3.05) is 12.2 Å². The maximum atomic E-state index is 12.6. The van der Waals surface area contributed by atoms with E-state index in [-0.39, 0.29) is 17.6 Å². The van der Waals surface area contributed by atoms with Crippen LogP contribution >= 0.6 is 11.6 Å². The van der Waals surface area contributed by atoms with Gasteiger partial charge >= 0.3 is 6.18 Å². The number of fused-ring (bicyclic) bond motifs is 1. The van der Waals surface area contributed by atoms with Gasteiger partial charge in [0.25, 0.3) is 0 Å². The number of nitrogens with one attached hydrogen (secondary N) is 1. The van der Waals surface area contributed by atoms with E-state index in [1.807, 2.05) is 0 Å². The molecule has 0 atom stereocenters. The van der Waals surface area contributed by atoms with Gasteiger partial charge in [-0.1, -0.05) is 11.6 Å². The predicted molar refractivity (Wildman–Crippen MR) is 82.6 cm³/mol. The van der Waals surface area contributed by atoms with Crippen molar-refractivity contribution in [3.8, 4) is 11.5 Å². The van der Waals surface area contributed by atoms with Gasteiger partial charge in [0, 0.05) is 11.8 Å². The summed E-state index contributed by atoms with van der Waals surface area (Å²) in [5.74, 6) is 1.28. The van der Waals surface area contributed by atoms with E-state index in [1.54, 1.807) is 25.1 Å². The summed E-state index contributed by atoms with van der Waals surface area (Å²) in [7, 11) is 0. The molecule has 0 amide bonds. The van der Waals surface area contributed by atoms with E-state index < -0.39 is 11.7 Å². The monoisotopic (exact) mass is 357 g/mol. The van der Waals surface area contributed by atoms with Crippen molar-refractivity contribution in [1.82, 2.24) is 4.98 Å². The molecule has 5 nitrogen and oxygen atoms in total. The van der Waals surface area contributed by atoms with Gasteiger partial charge in [-0.25, -0.2) is 4.98 Å². The van der Waals surface area contributed by atoms with Crippen LogP contribution < -0.4 is 14.9 Å². The van der Waals surface area contributed by atoms with Crippen LogP contribution in [0, 0.1) is 0 Å². The molecule has 1 aliphatic heterocycles. The number of halogens is 4. The maximum Gasteiger partial charge on any atom is 0.417 e. The summed E-state index contributed by atoms with van der Waals surface area (Å²) in [6.45, 7) is 1.89. The predicted octanol–water partition coefficient (Wildman–Crippen LogP) is 4.32. The van der Waals surface area contributed by atoms with E-state index in [9.17, 15) is 13.2 Å². The summed E-state index contributed by atoms with van der Waals surface area (Å²) in [6.07, 6.45) is -3.81. The van der Waals surface area contributed by atoms with Crippen molar-refractivity contribution in [3.05, 3.63) is 46.6 Å². The first kappa shape index (κ1) is 16.4. The molecule has 0 radical (unpaired) electrons. The summed E-state index contributed by atoms with van der Waals surface area (Å²) in [6, 6.07) is 6.09. The van der Waals surface area contributed by atoms with Gasteiger partial charge in [0.15, 0.2) is 17.3 Å². The van der Waals surface area contributed by atoms with Gasteiger partial charge in [0.05, 0.1) is 16.3 Å². The highest BCUT2D eigenvalue weighted by Gasteiger charge is 2.31. The van der Waals surface area contributed by atoms with Gasteiger partial charge in [-0.05, 0) is 31.2 Å². The average Bonchev–Trinajstić information content (AvgIpc) is 3.00. The van der Waals surface area contributed by atoms with Crippen molar-refractivity contribution in [1.29, 1.82) is 0 Å². The minimum atomic E-state index is -4.50. The second kappa shape index (κ2) is 6.20. The molecule has 1 aliphatic rings. The van der Waals surface area contributed by atoms with Gasteiger partial charge in [0.1, 0.15) is 0 Å². The molecule has 0 spiro atoms. The molecule has 126 valence electrons. The molecular formula is C15H11ClF3N3O2. The third-order valence-electron chi connectivity index (χ3n) is 3.29. The second-order valence-electron chi connectivity index (χ2n) is 4.93. The number of rotatable bonds is 3. The van der Waals surface area contributed by atoms with E-state index in [0.29, 0.717) is 23.4 Å². The number of pyridine rings is 1. The van der Waals surface area contributed by atoms with Crippen LogP contribution in [0.15, 0.2) is 35.6 Å². The first-order valence-corrected chi connectivity index (χ1v) is 7.15. The molecule has 0 unspecified atom stereocenters. The average molecular weight is 358 g/mol. The molecule has 0 aliphatic carbocycles. The SMILES string of the molecule is C/C(=N\Nc1ncc(C(F)(F)F)cc1Cl)c1ccc2c(c1)OCO2. The minimum absolute atomic E-state index is 0.0322. The standard InChI is InChI=1S/C15H11ClF3N3O2/c1-8(9-2-3-12-13(4-9)24-7-23-12)21-22-14-11(16)5-10(6-20-14)15(17,18)19/h2-6H,7H2,1H3,(H,20,22)/b21-8+. The van der Waals surface area contributed by atoms with Gasteiger partial charge < -0.3 is 9.47 Å². The summed E-state index contributed by atoms with van der Waals surface area (Å²) in [5, 5.41) is 3.91. The van der Waals surface area contributed by atoms with Gasteiger partial charge in [0.2, 0.25) is 6.79 Å². The molecule has 0 bridgehead atoms. The molecule has 1 aromatic carbocycles. The smallest absolute Gasteiger partial charge is 0.417 e. The van der Waals surface area contributed by atoms with E-state index in [2.05, 4.69) is 15.5 Å². The number of hydrazone groups is 1. The normalized spacial score (nSPS) is 14.0. The van der Waals surface area contributed by atoms with Crippen molar-refractivity contribution in [2.45, 2.75) is 13.1 Å². The Balaban J connectivity index is 1.78. The van der Waals surface area contributed by atoms with Crippen molar-refractivity contribution in [2.24, 2.45) is 5.10 Å². The number of hydrogen-bond acceptors (Lipinski definition) is 5. The summed E-state index contributed by atoms with van der Waals surface area (Å²) in [5.41, 5.74) is 2.98. The first-order chi connectivity index (χ1) is 11.3. The molecule has 3 rings (SSSR count). The van der Waals surface area contributed by atoms with Crippen LogP contribution in [-0.2, 0) is 6.18 Å². The largest absolute Gasteiger partial charge is 0.454 e. The number of anilines is 1. The van der Waals surface area contributed by atoms with E-state index >= 15 is 0 Å². The van der Waals surface area contributed by atoms with Gasteiger partial charge in [-0.2, -0.15) is 18.3 Å². The topological polar surface area (TPSA) is 55.7 Å². The highest BCUT2D eigenvalue weighted by molar-refractivity contribution is 6.33. The Morgan fingerprint density at radius 2 is 2.00 bits per heavy atom. The third kappa shape index (κ3) is 3.38. The molecule has 1 aromatic heterocycles. The lowest BCUT2D eigenvalue weighted by atomic mass is 10.1. The number of benzene rings is 1. The fourth-order valence-electron chi connectivity index (χ4n) is 2.00. The lowest BCUT2D eigenvalue weighted by Crippen LogP contribution is -2.07. The molecule has 0 fully saturated rings. The van der Waals surface area contributed by atoms with E-state index in [1.165, 1.54) is 0 Å². The fraction of sp³-hybridized carbons (Fsp3) is 0.200. The molecule has 0 saturated heterocycles. The zero-order valence-corrected chi connectivity index (χ0v) is 13.1. The lowest BCUT2D eigenvalue weighted by molar-refractivity contribution is -0.137.